The van der Waals surface area contributed by atoms with Gasteiger partial charge in [-0.25, -0.2) is 0 Å². The molecule has 0 saturated heterocycles. The van der Waals surface area contributed by atoms with Crippen molar-refractivity contribution < 1.29 is 14.7 Å². The SMILES string of the molecule is NCCCNC(=O)C1(C(=O)O)CCC1. The molecule has 0 atom stereocenters. The molecule has 0 radical (unpaired) electrons. The fourth-order valence-electron chi connectivity index (χ4n) is 1.54. The van der Waals surface area contributed by atoms with Crippen LogP contribution in [-0.2, 0) is 9.59 Å². The lowest BCUT2D eigenvalue weighted by Crippen LogP contribution is -2.51. The summed E-state index contributed by atoms with van der Waals surface area (Å²) in [6.45, 7) is 0.963. The molecule has 4 N–H and O–H groups in total. The molecule has 0 aliphatic heterocycles. The van der Waals surface area contributed by atoms with Gasteiger partial charge in [-0.05, 0) is 25.8 Å². The highest BCUT2D eigenvalue weighted by molar-refractivity contribution is 6.02. The van der Waals surface area contributed by atoms with Crippen LogP contribution in [-0.4, -0.2) is 30.1 Å². The Morgan fingerprint density at radius 1 is 1.43 bits per heavy atom. The van der Waals surface area contributed by atoms with Crippen molar-refractivity contribution in [3.8, 4) is 0 Å². The number of hydrogen-bond donors (Lipinski definition) is 3. The van der Waals surface area contributed by atoms with Gasteiger partial charge < -0.3 is 16.2 Å². The van der Waals surface area contributed by atoms with Crippen LogP contribution in [0.1, 0.15) is 25.7 Å². The molecule has 0 unspecified atom stereocenters. The molecule has 0 aromatic rings. The molecular weight excluding hydrogens is 184 g/mol. The van der Waals surface area contributed by atoms with E-state index >= 15 is 0 Å². The molecule has 5 heteroatoms. The van der Waals surface area contributed by atoms with E-state index in [-0.39, 0.29) is 5.91 Å². The Labute approximate surface area is 82.7 Å². The van der Waals surface area contributed by atoms with Crippen molar-refractivity contribution >= 4 is 11.9 Å². The first-order valence-corrected chi connectivity index (χ1v) is 4.85. The molecule has 0 spiro atoms. The molecule has 0 aromatic carbocycles. The maximum absolute atomic E-state index is 11.5. The summed E-state index contributed by atoms with van der Waals surface area (Å²) in [4.78, 5) is 22.4. The van der Waals surface area contributed by atoms with Crippen molar-refractivity contribution in [2.45, 2.75) is 25.7 Å². The van der Waals surface area contributed by atoms with Gasteiger partial charge in [-0.3, -0.25) is 9.59 Å². The normalized spacial score (nSPS) is 18.4. The van der Waals surface area contributed by atoms with Gasteiger partial charge in [0.25, 0.3) is 0 Å². The van der Waals surface area contributed by atoms with Gasteiger partial charge in [0.1, 0.15) is 5.41 Å². The van der Waals surface area contributed by atoms with Crippen molar-refractivity contribution in [3.05, 3.63) is 0 Å². The first-order valence-electron chi connectivity index (χ1n) is 4.85. The monoisotopic (exact) mass is 200 g/mol. The van der Waals surface area contributed by atoms with E-state index in [0.29, 0.717) is 32.4 Å². The Bertz CT molecular complexity index is 236. The Balaban J connectivity index is 2.45. The van der Waals surface area contributed by atoms with Gasteiger partial charge in [0.2, 0.25) is 5.91 Å². The van der Waals surface area contributed by atoms with Crippen LogP contribution >= 0.6 is 0 Å². The van der Waals surface area contributed by atoms with Crippen molar-refractivity contribution in [1.82, 2.24) is 5.32 Å². The zero-order chi connectivity index (χ0) is 10.6. The summed E-state index contributed by atoms with van der Waals surface area (Å²) in [6.07, 6.45) is 2.41. The molecule has 0 aromatic heterocycles. The van der Waals surface area contributed by atoms with Gasteiger partial charge in [0, 0.05) is 6.54 Å². The van der Waals surface area contributed by atoms with E-state index in [1.165, 1.54) is 0 Å². The van der Waals surface area contributed by atoms with Crippen LogP contribution in [0.2, 0.25) is 0 Å². The highest BCUT2D eigenvalue weighted by atomic mass is 16.4. The zero-order valence-electron chi connectivity index (χ0n) is 8.08. The zero-order valence-corrected chi connectivity index (χ0v) is 8.08. The van der Waals surface area contributed by atoms with Gasteiger partial charge in [-0.2, -0.15) is 0 Å². The Morgan fingerprint density at radius 3 is 2.43 bits per heavy atom. The summed E-state index contributed by atoms with van der Waals surface area (Å²) >= 11 is 0. The molecule has 0 bridgehead atoms. The lowest BCUT2D eigenvalue weighted by Gasteiger charge is -2.35. The summed E-state index contributed by atoms with van der Waals surface area (Å²) in [7, 11) is 0. The average Bonchev–Trinajstić information content (AvgIpc) is 2.01. The van der Waals surface area contributed by atoms with E-state index in [1.807, 2.05) is 0 Å². The average molecular weight is 200 g/mol. The second-order valence-corrected chi connectivity index (χ2v) is 3.64. The Hall–Kier alpha value is -1.10. The summed E-state index contributed by atoms with van der Waals surface area (Å²) in [5, 5.41) is 11.5. The molecular formula is C9H16N2O3. The van der Waals surface area contributed by atoms with Crippen LogP contribution in [0.25, 0.3) is 0 Å². The van der Waals surface area contributed by atoms with Crippen LogP contribution in [0.3, 0.4) is 0 Å². The first-order chi connectivity index (χ1) is 6.63. The largest absolute Gasteiger partial charge is 0.480 e. The summed E-state index contributed by atoms with van der Waals surface area (Å²) in [5.41, 5.74) is 4.12. The van der Waals surface area contributed by atoms with Crippen molar-refractivity contribution in [1.29, 1.82) is 0 Å². The topological polar surface area (TPSA) is 92.4 Å². The maximum atomic E-state index is 11.5. The number of aliphatic carboxylic acids is 1. The fourth-order valence-corrected chi connectivity index (χ4v) is 1.54. The first kappa shape index (κ1) is 11.0. The van der Waals surface area contributed by atoms with E-state index < -0.39 is 11.4 Å². The van der Waals surface area contributed by atoms with Crippen molar-refractivity contribution in [2.75, 3.05) is 13.1 Å². The minimum atomic E-state index is -1.14. The number of hydrogen-bond acceptors (Lipinski definition) is 3. The number of nitrogens with one attached hydrogen (secondary N) is 1. The maximum Gasteiger partial charge on any atom is 0.319 e. The molecule has 1 aliphatic rings. The van der Waals surface area contributed by atoms with Gasteiger partial charge in [-0.15, -0.1) is 0 Å². The molecule has 14 heavy (non-hydrogen) atoms. The summed E-state index contributed by atoms with van der Waals surface area (Å²) in [5.74, 6) is -1.36. The number of carboxylic acids is 1. The lowest BCUT2D eigenvalue weighted by molar-refractivity contribution is -0.162. The highest BCUT2D eigenvalue weighted by Gasteiger charge is 2.50. The fraction of sp³-hybridized carbons (Fsp3) is 0.778. The van der Waals surface area contributed by atoms with Gasteiger partial charge in [0.15, 0.2) is 0 Å². The second-order valence-electron chi connectivity index (χ2n) is 3.64. The minimum Gasteiger partial charge on any atom is -0.480 e. The molecule has 80 valence electrons. The number of carbonyl (C=O) groups excluding carboxylic acids is 1. The molecule has 1 amide bonds. The molecule has 1 aliphatic carbocycles. The number of amides is 1. The van der Waals surface area contributed by atoms with Crippen LogP contribution < -0.4 is 11.1 Å². The lowest BCUT2D eigenvalue weighted by atomic mass is 9.68. The Kier molecular flexibility index (Phi) is 3.46. The molecule has 1 fully saturated rings. The third-order valence-corrected chi connectivity index (χ3v) is 2.72. The number of carboxylic acid groups (broad SMARTS) is 1. The molecule has 5 nitrogen and oxygen atoms in total. The van der Waals surface area contributed by atoms with E-state index in [2.05, 4.69) is 5.32 Å². The smallest absolute Gasteiger partial charge is 0.319 e. The second kappa shape index (κ2) is 4.41. The van der Waals surface area contributed by atoms with Gasteiger partial charge >= 0.3 is 5.97 Å². The molecule has 1 saturated carbocycles. The van der Waals surface area contributed by atoms with E-state index in [1.54, 1.807) is 0 Å². The predicted octanol–water partition coefficient (Wildman–Crippen LogP) is -0.294. The predicted molar refractivity (Wildman–Crippen MR) is 50.6 cm³/mol. The number of rotatable bonds is 5. The van der Waals surface area contributed by atoms with Crippen LogP contribution in [0.15, 0.2) is 0 Å². The summed E-state index contributed by atoms with van der Waals surface area (Å²) in [6, 6.07) is 0. The minimum absolute atomic E-state index is 0.357. The van der Waals surface area contributed by atoms with E-state index in [0.717, 1.165) is 6.42 Å². The Morgan fingerprint density at radius 2 is 2.07 bits per heavy atom. The third-order valence-electron chi connectivity index (χ3n) is 2.72. The van der Waals surface area contributed by atoms with Crippen LogP contribution in [0, 0.1) is 5.41 Å². The van der Waals surface area contributed by atoms with Gasteiger partial charge in [0.05, 0.1) is 0 Å². The van der Waals surface area contributed by atoms with Gasteiger partial charge in [-0.1, -0.05) is 6.42 Å². The molecule has 1 rings (SSSR count). The number of carbonyl (C=O) groups is 2. The quantitative estimate of drug-likeness (QED) is 0.420. The van der Waals surface area contributed by atoms with E-state index in [4.69, 9.17) is 10.8 Å². The number of nitrogens with two attached hydrogens (primary N) is 1. The third kappa shape index (κ3) is 1.87. The highest BCUT2D eigenvalue weighted by Crippen LogP contribution is 2.41. The van der Waals surface area contributed by atoms with E-state index in [9.17, 15) is 9.59 Å². The van der Waals surface area contributed by atoms with Crippen molar-refractivity contribution in [3.63, 3.8) is 0 Å². The van der Waals surface area contributed by atoms with Crippen molar-refractivity contribution in [2.24, 2.45) is 11.1 Å². The standard InChI is InChI=1S/C9H16N2O3/c10-5-2-6-11-7(12)9(8(13)14)3-1-4-9/h1-6,10H2,(H,11,12)(H,13,14). The summed E-state index contributed by atoms with van der Waals surface area (Å²) < 4.78 is 0. The molecule has 0 heterocycles. The van der Waals surface area contributed by atoms with Crippen LogP contribution in [0.5, 0.6) is 0 Å². The van der Waals surface area contributed by atoms with Crippen LogP contribution in [0.4, 0.5) is 0 Å².